The van der Waals surface area contributed by atoms with Crippen LogP contribution in [0.2, 0.25) is 0 Å². The number of nitrogens with one attached hydrogen (secondary N) is 2. The van der Waals surface area contributed by atoms with E-state index in [-0.39, 0.29) is 44.6 Å². The number of hydrogen-bond donors (Lipinski definition) is 6. The second kappa shape index (κ2) is 13.5. The Morgan fingerprint density at radius 3 is 2.06 bits per heavy atom. The van der Waals surface area contributed by atoms with Crippen LogP contribution in [0, 0.1) is 5.92 Å². The van der Waals surface area contributed by atoms with Gasteiger partial charge in [-0.25, -0.2) is 4.79 Å². The summed E-state index contributed by atoms with van der Waals surface area (Å²) >= 11 is 0. The molecule has 7 N–H and O–H groups in total. The van der Waals surface area contributed by atoms with Crippen LogP contribution in [0.15, 0.2) is 0 Å². The normalized spacial score (nSPS) is 18.1. The van der Waals surface area contributed by atoms with Crippen LogP contribution in [0.5, 0.6) is 0 Å². The number of hydrogen-bond acceptors (Lipinski definition) is 7. The van der Waals surface area contributed by atoms with Crippen molar-refractivity contribution in [2.75, 3.05) is 6.54 Å². The highest BCUT2D eigenvalue weighted by Crippen LogP contribution is 2.21. The summed E-state index contributed by atoms with van der Waals surface area (Å²) in [5.41, 5.74) is 5.74. The molecule has 13 heteroatoms. The third kappa shape index (κ3) is 9.33. The van der Waals surface area contributed by atoms with Gasteiger partial charge in [0.25, 0.3) is 0 Å². The van der Waals surface area contributed by atoms with E-state index in [9.17, 15) is 33.9 Å². The van der Waals surface area contributed by atoms with Crippen molar-refractivity contribution in [3.63, 3.8) is 0 Å². The summed E-state index contributed by atoms with van der Waals surface area (Å²) < 4.78 is 0. The maximum atomic E-state index is 13.3. The van der Waals surface area contributed by atoms with Crippen LogP contribution in [0.3, 0.4) is 0 Å². The van der Waals surface area contributed by atoms with Crippen LogP contribution in [0.4, 0.5) is 0 Å². The molecule has 4 atom stereocenters. The van der Waals surface area contributed by atoms with Gasteiger partial charge in [0.15, 0.2) is 0 Å². The molecule has 1 fully saturated rings. The molecule has 3 amide bonds. The number of rotatable bonds is 14. The molecule has 0 radical (unpaired) electrons. The molecule has 34 heavy (non-hydrogen) atoms. The van der Waals surface area contributed by atoms with Crippen molar-refractivity contribution in [2.45, 2.75) is 83.0 Å². The molecule has 1 saturated heterocycles. The van der Waals surface area contributed by atoms with Gasteiger partial charge in [0.05, 0.1) is 6.04 Å². The highest BCUT2D eigenvalue weighted by molar-refractivity contribution is 5.94. The molecule has 0 aromatic heterocycles. The van der Waals surface area contributed by atoms with Crippen LogP contribution in [-0.2, 0) is 28.8 Å². The van der Waals surface area contributed by atoms with Gasteiger partial charge in [-0.3, -0.25) is 24.0 Å². The van der Waals surface area contributed by atoms with Crippen LogP contribution >= 0.6 is 0 Å². The van der Waals surface area contributed by atoms with Crippen LogP contribution in [0.25, 0.3) is 0 Å². The van der Waals surface area contributed by atoms with E-state index in [2.05, 4.69) is 10.6 Å². The van der Waals surface area contributed by atoms with Gasteiger partial charge in [0.2, 0.25) is 17.7 Å². The Morgan fingerprint density at radius 2 is 1.53 bits per heavy atom. The molecule has 0 aromatic carbocycles. The predicted octanol–water partition coefficient (Wildman–Crippen LogP) is -0.865. The third-order valence-electron chi connectivity index (χ3n) is 5.43. The molecule has 0 bridgehead atoms. The summed E-state index contributed by atoms with van der Waals surface area (Å²) in [5, 5.41) is 31.7. The number of carbonyl (C=O) groups is 6. The monoisotopic (exact) mass is 486 g/mol. The first-order valence-electron chi connectivity index (χ1n) is 11.2. The maximum Gasteiger partial charge on any atom is 0.326 e. The number of carboxylic acid groups (broad SMARTS) is 3. The average Bonchev–Trinajstić information content (AvgIpc) is 3.22. The molecule has 1 aliphatic heterocycles. The standard InChI is InChI=1S/C21H34N4O9/c1-11(2)10-14(24-18(30)12(22)5-7-16(26)27)20(32)25-9-3-4-15(25)19(31)23-13(21(33)34)6-8-17(28)29/h11-15H,3-10,22H2,1-2H3,(H,23,31)(H,24,30)(H,26,27)(H,28,29)(H,33,34). The lowest BCUT2D eigenvalue weighted by Gasteiger charge is -2.30. The van der Waals surface area contributed by atoms with Gasteiger partial charge in [0.1, 0.15) is 18.1 Å². The fourth-order valence-electron chi connectivity index (χ4n) is 3.68. The molecule has 4 unspecified atom stereocenters. The number of aliphatic carboxylic acids is 3. The molecule has 0 saturated carbocycles. The van der Waals surface area contributed by atoms with Gasteiger partial charge in [-0.1, -0.05) is 13.8 Å². The minimum absolute atomic E-state index is 0.00761. The van der Waals surface area contributed by atoms with Crippen molar-refractivity contribution < 1.29 is 44.1 Å². The van der Waals surface area contributed by atoms with Crippen molar-refractivity contribution in [3.05, 3.63) is 0 Å². The highest BCUT2D eigenvalue weighted by atomic mass is 16.4. The molecular formula is C21H34N4O9. The lowest BCUT2D eigenvalue weighted by Crippen LogP contribution is -2.57. The Bertz CT molecular complexity index is 786. The number of carbonyl (C=O) groups excluding carboxylic acids is 3. The van der Waals surface area contributed by atoms with E-state index in [0.29, 0.717) is 6.42 Å². The quantitative estimate of drug-likeness (QED) is 0.178. The molecule has 1 heterocycles. The zero-order chi connectivity index (χ0) is 26.0. The van der Waals surface area contributed by atoms with Gasteiger partial charge in [-0.2, -0.15) is 0 Å². The first kappa shape index (κ1) is 28.8. The van der Waals surface area contributed by atoms with Crippen LogP contribution in [0.1, 0.15) is 58.8 Å². The zero-order valence-corrected chi connectivity index (χ0v) is 19.4. The largest absolute Gasteiger partial charge is 0.481 e. The van der Waals surface area contributed by atoms with Crippen molar-refractivity contribution in [3.8, 4) is 0 Å². The number of likely N-dealkylation sites (tertiary alicyclic amines) is 1. The van der Waals surface area contributed by atoms with E-state index < -0.39 is 66.2 Å². The molecule has 192 valence electrons. The summed E-state index contributed by atoms with van der Waals surface area (Å²) in [6.45, 7) is 3.90. The molecule has 0 spiro atoms. The van der Waals surface area contributed by atoms with Crippen molar-refractivity contribution >= 4 is 35.6 Å². The predicted molar refractivity (Wildman–Crippen MR) is 117 cm³/mol. The summed E-state index contributed by atoms with van der Waals surface area (Å²) in [5.74, 6) is -5.62. The summed E-state index contributed by atoms with van der Waals surface area (Å²) in [7, 11) is 0. The summed E-state index contributed by atoms with van der Waals surface area (Å²) in [4.78, 5) is 72.6. The van der Waals surface area contributed by atoms with E-state index in [1.165, 1.54) is 4.90 Å². The van der Waals surface area contributed by atoms with Gasteiger partial charge < -0.3 is 36.6 Å². The maximum absolute atomic E-state index is 13.3. The molecule has 0 aromatic rings. The first-order chi connectivity index (χ1) is 15.8. The van der Waals surface area contributed by atoms with E-state index in [4.69, 9.17) is 15.9 Å². The van der Waals surface area contributed by atoms with Crippen molar-refractivity contribution in [1.29, 1.82) is 0 Å². The minimum atomic E-state index is -1.42. The van der Waals surface area contributed by atoms with Crippen molar-refractivity contribution in [1.82, 2.24) is 15.5 Å². The van der Waals surface area contributed by atoms with E-state index in [0.717, 1.165) is 0 Å². The van der Waals surface area contributed by atoms with E-state index in [1.807, 2.05) is 13.8 Å². The lowest BCUT2D eigenvalue weighted by atomic mass is 10.0. The zero-order valence-electron chi connectivity index (χ0n) is 19.4. The second-order valence-electron chi connectivity index (χ2n) is 8.75. The minimum Gasteiger partial charge on any atom is -0.481 e. The number of carboxylic acids is 3. The molecule has 1 rings (SSSR count). The smallest absolute Gasteiger partial charge is 0.326 e. The van der Waals surface area contributed by atoms with E-state index in [1.54, 1.807) is 0 Å². The van der Waals surface area contributed by atoms with Crippen LogP contribution < -0.4 is 16.4 Å². The number of nitrogens with zero attached hydrogens (tertiary/aromatic N) is 1. The Hall–Kier alpha value is -3.22. The highest BCUT2D eigenvalue weighted by Gasteiger charge is 2.39. The average molecular weight is 487 g/mol. The summed E-state index contributed by atoms with van der Waals surface area (Å²) in [6.07, 6.45) is -0.159. The van der Waals surface area contributed by atoms with Crippen LogP contribution in [-0.4, -0.2) is 86.6 Å². The number of nitrogens with two attached hydrogens (primary N) is 1. The third-order valence-corrected chi connectivity index (χ3v) is 5.43. The van der Waals surface area contributed by atoms with Gasteiger partial charge in [0, 0.05) is 19.4 Å². The van der Waals surface area contributed by atoms with Crippen molar-refractivity contribution in [2.24, 2.45) is 11.7 Å². The lowest BCUT2D eigenvalue weighted by molar-refractivity contribution is -0.145. The molecule has 0 aliphatic carbocycles. The fourth-order valence-corrected chi connectivity index (χ4v) is 3.68. The number of amides is 3. The van der Waals surface area contributed by atoms with Gasteiger partial charge in [-0.05, 0) is 38.0 Å². The molecule has 13 nitrogen and oxygen atoms in total. The second-order valence-corrected chi connectivity index (χ2v) is 8.75. The SMILES string of the molecule is CC(C)CC(NC(=O)C(N)CCC(=O)O)C(=O)N1CCCC1C(=O)NC(CCC(=O)O)C(=O)O. The summed E-state index contributed by atoms with van der Waals surface area (Å²) in [6, 6.07) is -4.51. The van der Waals surface area contributed by atoms with E-state index >= 15 is 0 Å². The Morgan fingerprint density at radius 1 is 0.941 bits per heavy atom. The Labute approximate surface area is 197 Å². The van der Waals surface area contributed by atoms with Gasteiger partial charge in [-0.15, -0.1) is 0 Å². The molecular weight excluding hydrogens is 452 g/mol. The topological polar surface area (TPSA) is 216 Å². The van der Waals surface area contributed by atoms with Gasteiger partial charge >= 0.3 is 17.9 Å². The Balaban J connectivity index is 2.92. The fraction of sp³-hybridized carbons (Fsp3) is 0.714. The first-order valence-corrected chi connectivity index (χ1v) is 11.2. The Kier molecular flexibility index (Phi) is 11.4. The molecule has 1 aliphatic rings.